The molecule has 0 spiro atoms. The van der Waals surface area contributed by atoms with Gasteiger partial charge in [-0.1, -0.05) is 78.0 Å². The quantitative estimate of drug-likeness (QED) is 0.199. The summed E-state index contributed by atoms with van der Waals surface area (Å²) in [6, 6.07) is 21.3. The number of thioether (sulfide) groups is 1. The van der Waals surface area contributed by atoms with Crippen molar-refractivity contribution in [2.24, 2.45) is 0 Å². The van der Waals surface area contributed by atoms with Crippen LogP contribution in [-0.2, 0) is 22.6 Å². The van der Waals surface area contributed by atoms with Gasteiger partial charge in [-0.2, -0.15) is 0 Å². The van der Waals surface area contributed by atoms with Crippen LogP contribution in [-0.4, -0.2) is 37.2 Å². The molecule has 5 rings (SSSR count). The summed E-state index contributed by atoms with van der Waals surface area (Å²) >= 11 is 12.5. The Labute approximate surface area is 227 Å². The fourth-order valence-electron chi connectivity index (χ4n) is 4.11. The van der Waals surface area contributed by atoms with Crippen LogP contribution in [0.5, 0.6) is 5.75 Å². The maximum Gasteiger partial charge on any atom is 0.327 e. The number of carboxylic acids is 1. The van der Waals surface area contributed by atoms with Gasteiger partial charge in [-0.25, -0.2) is 4.79 Å². The first kappa shape index (κ1) is 25.1. The number of rotatable bonds is 8. The Morgan fingerprint density at radius 3 is 2.57 bits per heavy atom. The van der Waals surface area contributed by atoms with Crippen LogP contribution in [0, 0.1) is 0 Å². The summed E-state index contributed by atoms with van der Waals surface area (Å²) < 4.78 is 6.05. The Morgan fingerprint density at radius 1 is 1.11 bits per heavy atom. The fourth-order valence-corrected chi connectivity index (χ4v) is 5.59. The minimum absolute atomic E-state index is 0.138. The number of amides is 1. The number of hydrogen-bond acceptors (Lipinski definition) is 5. The molecule has 37 heavy (non-hydrogen) atoms. The normalized spacial score (nSPS) is 15.5. The van der Waals surface area contributed by atoms with Gasteiger partial charge in [0.1, 0.15) is 22.7 Å². The van der Waals surface area contributed by atoms with Crippen molar-refractivity contribution in [2.45, 2.75) is 19.1 Å². The summed E-state index contributed by atoms with van der Waals surface area (Å²) in [7, 11) is 0. The number of aromatic nitrogens is 1. The number of nitrogens with zero attached hydrogens (tertiary/aromatic N) is 1. The average molecular weight is 549 g/mol. The molecule has 1 aliphatic rings. The monoisotopic (exact) mass is 548 g/mol. The number of para-hydroxylation sites is 1. The van der Waals surface area contributed by atoms with Gasteiger partial charge in [-0.05, 0) is 53.1 Å². The highest BCUT2D eigenvalue weighted by Crippen LogP contribution is 2.35. The van der Waals surface area contributed by atoms with Gasteiger partial charge < -0.3 is 14.8 Å². The number of aliphatic carboxylic acids is 1. The van der Waals surface area contributed by atoms with Crippen LogP contribution >= 0.6 is 35.6 Å². The molecule has 186 valence electrons. The first-order chi connectivity index (χ1) is 17.9. The van der Waals surface area contributed by atoms with Gasteiger partial charge in [0.2, 0.25) is 0 Å². The van der Waals surface area contributed by atoms with Crippen molar-refractivity contribution in [1.29, 1.82) is 0 Å². The summed E-state index contributed by atoms with van der Waals surface area (Å²) in [5.41, 5.74) is 3.50. The number of benzene rings is 3. The Kier molecular flexibility index (Phi) is 7.32. The van der Waals surface area contributed by atoms with Crippen LogP contribution in [0.3, 0.4) is 0 Å². The molecule has 9 heteroatoms. The molecule has 2 heterocycles. The molecule has 2 N–H and O–H groups in total. The third-order valence-electron chi connectivity index (χ3n) is 6.01. The number of halogens is 1. The highest BCUT2D eigenvalue weighted by Gasteiger charge is 2.40. The van der Waals surface area contributed by atoms with Crippen molar-refractivity contribution in [3.63, 3.8) is 0 Å². The van der Waals surface area contributed by atoms with Gasteiger partial charge in [0, 0.05) is 28.5 Å². The van der Waals surface area contributed by atoms with Gasteiger partial charge in [0.15, 0.2) is 0 Å². The highest BCUT2D eigenvalue weighted by molar-refractivity contribution is 8.26. The van der Waals surface area contributed by atoms with E-state index in [-0.39, 0.29) is 10.7 Å². The number of aromatic amines is 1. The van der Waals surface area contributed by atoms with Crippen molar-refractivity contribution in [3.05, 3.63) is 106 Å². The van der Waals surface area contributed by atoms with E-state index in [9.17, 15) is 14.7 Å². The standard InChI is InChI=1S/C28H21ClN2O4S2/c29-20-9-5-18(6-10-20)16-35-21-11-7-17(8-12-21)13-25-26(32)31(28(36)37-25)24(27(33)34)14-19-15-30-23-4-2-1-3-22(19)23/h1-13,15,24,30H,14,16H2,(H,33,34)/b25-13-. The Hall–Kier alpha value is -3.59. The van der Waals surface area contributed by atoms with Crippen molar-refractivity contribution < 1.29 is 19.4 Å². The maximum absolute atomic E-state index is 13.3. The average Bonchev–Trinajstić information content (AvgIpc) is 3.42. The van der Waals surface area contributed by atoms with E-state index in [0.29, 0.717) is 22.3 Å². The number of carbonyl (C=O) groups is 2. The van der Waals surface area contributed by atoms with Crippen LogP contribution in [0.25, 0.3) is 17.0 Å². The topological polar surface area (TPSA) is 82.6 Å². The Balaban J connectivity index is 1.29. The number of carboxylic acid groups (broad SMARTS) is 1. The second-order valence-electron chi connectivity index (χ2n) is 8.45. The molecule has 1 fully saturated rings. The van der Waals surface area contributed by atoms with Gasteiger partial charge in [0.05, 0.1) is 4.91 Å². The number of nitrogens with one attached hydrogen (secondary N) is 1. The summed E-state index contributed by atoms with van der Waals surface area (Å²) in [6.45, 7) is 0.405. The number of fused-ring (bicyclic) bond motifs is 1. The summed E-state index contributed by atoms with van der Waals surface area (Å²) in [4.78, 5) is 30.2. The van der Waals surface area contributed by atoms with E-state index >= 15 is 0 Å². The predicted octanol–water partition coefficient (Wildman–Crippen LogP) is 6.30. The van der Waals surface area contributed by atoms with Gasteiger partial charge in [-0.3, -0.25) is 9.69 Å². The first-order valence-corrected chi connectivity index (χ1v) is 13.0. The van der Waals surface area contributed by atoms with Gasteiger partial charge in [0.25, 0.3) is 5.91 Å². The first-order valence-electron chi connectivity index (χ1n) is 11.4. The molecule has 1 aliphatic heterocycles. The summed E-state index contributed by atoms with van der Waals surface area (Å²) in [5, 5.41) is 11.6. The third kappa shape index (κ3) is 5.56. The molecule has 0 saturated carbocycles. The lowest BCUT2D eigenvalue weighted by Gasteiger charge is -2.23. The number of hydrogen-bond donors (Lipinski definition) is 2. The largest absolute Gasteiger partial charge is 0.489 e. The zero-order valence-electron chi connectivity index (χ0n) is 19.4. The summed E-state index contributed by atoms with van der Waals surface area (Å²) in [6.07, 6.45) is 3.64. The molecular weight excluding hydrogens is 528 g/mol. The van der Waals surface area contributed by atoms with Gasteiger partial charge >= 0.3 is 5.97 Å². The second-order valence-corrected chi connectivity index (χ2v) is 10.6. The van der Waals surface area contributed by atoms with E-state index in [2.05, 4.69) is 4.98 Å². The third-order valence-corrected chi connectivity index (χ3v) is 7.59. The molecule has 1 atom stereocenters. The van der Waals surface area contributed by atoms with Crippen molar-refractivity contribution in [3.8, 4) is 5.75 Å². The fraction of sp³-hybridized carbons (Fsp3) is 0.107. The number of ether oxygens (including phenoxy) is 1. The summed E-state index contributed by atoms with van der Waals surface area (Å²) in [5.74, 6) is -0.834. The van der Waals surface area contributed by atoms with Crippen LogP contribution in [0.1, 0.15) is 16.7 Å². The molecule has 6 nitrogen and oxygen atoms in total. The molecule has 3 aromatic carbocycles. The van der Waals surface area contributed by atoms with Gasteiger partial charge in [-0.15, -0.1) is 0 Å². The minimum atomic E-state index is -1.11. The van der Waals surface area contributed by atoms with E-state index < -0.39 is 17.9 Å². The van der Waals surface area contributed by atoms with Crippen LogP contribution in [0.4, 0.5) is 0 Å². The van der Waals surface area contributed by atoms with E-state index in [4.69, 9.17) is 28.6 Å². The van der Waals surface area contributed by atoms with E-state index in [1.54, 1.807) is 12.3 Å². The zero-order chi connectivity index (χ0) is 25.9. The predicted molar refractivity (Wildman–Crippen MR) is 151 cm³/mol. The highest BCUT2D eigenvalue weighted by atomic mass is 35.5. The van der Waals surface area contributed by atoms with Crippen LogP contribution < -0.4 is 4.74 Å². The molecule has 4 aromatic rings. The lowest BCUT2D eigenvalue weighted by atomic mass is 10.0. The van der Waals surface area contributed by atoms with E-state index in [1.807, 2.05) is 72.8 Å². The molecule has 1 unspecified atom stereocenters. The smallest absolute Gasteiger partial charge is 0.327 e. The molecule has 0 radical (unpaired) electrons. The Morgan fingerprint density at radius 2 is 1.84 bits per heavy atom. The number of thiocarbonyl (C=S) groups is 1. The molecule has 1 saturated heterocycles. The van der Waals surface area contributed by atoms with Crippen molar-refractivity contribution in [2.75, 3.05) is 0 Å². The Bertz CT molecular complexity index is 1510. The lowest BCUT2D eigenvalue weighted by Crippen LogP contribution is -2.45. The molecule has 1 aromatic heterocycles. The van der Waals surface area contributed by atoms with Crippen LogP contribution in [0.2, 0.25) is 5.02 Å². The molecule has 1 amide bonds. The van der Waals surface area contributed by atoms with E-state index in [1.165, 1.54) is 4.90 Å². The van der Waals surface area contributed by atoms with Crippen molar-refractivity contribution >= 4 is 68.8 Å². The van der Waals surface area contributed by atoms with Crippen molar-refractivity contribution in [1.82, 2.24) is 9.88 Å². The molecule has 0 aliphatic carbocycles. The SMILES string of the molecule is O=C(O)C(Cc1c[nH]c2ccccc12)N1C(=O)/C(=C/c2ccc(OCc3ccc(Cl)cc3)cc2)SC1=S. The van der Waals surface area contributed by atoms with E-state index in [0.717, 1.165) is 39.4 Å². The molecular formula is C28H21ClN2O4S2. The zero-order valence-corrected chi connectivity index (χ0v) is 21.8. The number of carbonyl (C=O) groups excluding carboxylic acids is 1. The lowest BCUT2D eigenvalue weighted by molar-refractivity contribution is -0.145. The maximum atomic E-state index is 13.3. The van der Waals surface area contributed by atoms with Crippen LogP contribution in [0.15, 0.2) is 83.9 Å². The second kappa shape index (κ2) is 10.8. The number of H-pyrrole nitrogens is 1. The minimum Gasteiger partial charge on any atom is -0.489 e. The molecule has 0 bridgehead atoms.